The minimum absolute atomic E-state index is 0.864. The summed E-state index contributed by atoms with van der Waals surface area (Å²) in [5, 5.41) is 0. The van der Waals surface area contributed by atoms with Gasteiger partial charge in [0, 0.05) is 0 Å². The summed E-state index contributed by atoms with van der Waals surface area (Å²) in [5.41, 5.74) is 0.864. The van der Waals surface area contributed by atoms with Gasteiger partial charge in [-0.2, -0.15) is 0 Å². The molecule has 2 bridgehead atoms. The van der Waals surface area contributed by atoms with Crippen LogP contribution in [0.5, 0.6) is 0 Å². The van der Waals surface area contributed by atoms with E-state index in [4.69, 9.17) is 0 Å². The Morgan fingerprint density at radius 1 is 1.08 bits per heavy atom. The molecule has 0 N–H and O–H groups in total. The molecule has 0 heteroatoms. The molecule has 0 aromatic rings. The molecular formula is C12H20. The fourth-order valence-electron chi connectivity index (χ4n) is 4.73. The lowest BCUT2D eigenvalue weighted by molar-refractivity contribution is 0.0987. The quantitative estimate of drug-likeness (QED) is 0.513. The summed E-state index contributed by atoms with van der Waals surface area (Å²) in [4.78, 5) is 0. The zero-order chi connectivity index (χ0) is 8.18. The van der Waals surface area contributed by atoms with Gasteiger partial charge >= 0.3 is 0 Å². The van der Waals surface area contributed by atoms with Crippen molar-refractivity contribution in [2.24, 2.45) is 23.2 Å². The van der Waals surface area contributed by atoms with Crippen molar-refractivity contribution < 1.29 is 0 Å². The van der Waals surface area contributed by atoms with Crippen molar-refractivity contribution in [2.45, 2.75) is 51.9 Å². The maximum absolute atomic E-state index is 2.55. The van der Waals surface area contributed by atoms with Crippen molar-refractivity contribution >= 4 is 0 Å². The fraction of sp³-hybridized carbons (Fsp3) is 1.00. The predicted octanol–water partition coefficient (Wildman–Crippen LogP) is 3.61. The Kier molecular flexibility index (Phi) is 1.40. The Labute approximate surface area is 75.7 Å². The Bertz CT molecular complexity index is 184. The minimum Gasteiger partial charge on any atom is -0.0617 e. The van der Waals surface area contributed by atoms with Crippen LogP contribution in [0, 0.1) is 23.2 Å². The number of hydrogen-bond acceptors (Lipinski definition) is 0. The van der Waals surface area contributed by atoms with Crippen molar-refractivity contribution in [1.29, 1.82) is 0 Å². The summed E-state index contributed by atoms with van der Waals surface area (Å²) in [6.07, 6.45) is 11.0. The van der Waals surface area contributed by atoms with Crippen LogP contribution in [0.15, 0.2) is 0 Å². The fourth-order valence-corrected chi connectivity index (χ4v) is 4.73. The van der Waals surface area contributed by atoms with E-state index in [0.29, 0.717) is 0 Å². The van der Waals surface area contributed by atoms with Crippen LogP contribution in [0.25, 0.3) is 0 Å². The maximum Gasteiger partial charge on any atom is -0.0241 e. The Hall–Kier alpha value is 0. The molecule has 3 rings (SSSR count). The molecule has 3 saturated carbocycles. The van der Waals surface area contributed by atoms with Crippen molar-refractivity contribution in [2.75, 3.05) is 0 Å². The summed E-state index contributed by atoms with van der Waals surface area (Å²) < 4.78 is 0. The summed E-state index contributed by atoms with van der Waals surface area (Å²) >= 11 is 0. The van der Waals surface area contributed by atoms with E-state index in [1.807, 2.05) is 0 Å². The molecule has 0 saturated heterocycles. The summed E-state index contributed by atoms with van der Waals surface area (Å²) in [6.45, 7) is 2.55. The lowest BCUT2D eigenvalue weighted by Gasteiger charge is -2.39. The standard InChI is InChI=1S/C12H20/c1-9-10-4-5-11(8-10)12(9)6-2-3-7-12/h9-11H,2-8H2,1H3/t9-,10-,11+/m0/s1. The van der Waals surface area contributed by atoms with E-state index in [1.165, 1.54) is 12.8 Å². The number of rotatable bonds is 0. The van der Waals surface area contributed by atoms with Gasteiger partial charge < -0.3 is 0 Å². The van der Waals surface area contributed by atoms with Crippen LogP contribution in [-0.2, 0) is 0 Å². The maximum atomic E-state index is 2.55. The van der Waals surface area contributed by atoms with Crippen molar-refractivity contribution in [3.8, 4) is 0 Å². The molecule has 12 heavy (non-hydrogen) atoms. The molecule has 0 aromatic heterocycles. The second-order valence-corrected chi connectivity index (χ2v) is 5.50. The van der Waals surface area contributed by atoms with Gasteiger partial charge in [-0.05, 0) is 55.3 Å². The van der Waals surface area contributed by atoms with E-state index in [0.717, 1.165) is 23.2 Å². The Morgan fingerprint density at radius 2 is 1.83 bits per heavy atom. The molecule has 0 radical (unpaired) electrons. The van der Waals surface area contributed by atoms with Crippen LogP contribution in [0.2, 0.25) is 0 Å². The van der Waals surface area contributed by atoms with Gasteiger partial charge in [0.15, 0.2) is 0 Å². The second kappa shape index (κ2) is 2.27. The molecule has 68 valence electrons. The van der Waals surface area contributed by atoms with Gasteiger partial charge in [-0.15, -0.1) is 0 Å². The van der Waals surface area contributed by atoms with Gasteiger partial charge in [-0.25, -0.2) is 0 Å². The van der Waals surface area contributed by atoms with Crippen molar-refractivity contribution in [3.63, 3.8) is 0 Å². The van der Waals surface area contributed by atoms with E-state index in [2.05, 4.69) is 6.92 Å². The summed E-state index contributed by atoms with van der Waals surface area (Å²) in [7, 11) is 0. The van der Waals surface area contributed by atoms with Crippen molar-refractivity contribution in [3.05, 3.63) is 0 Å². The van der Waals surface area contributed by atoms with Crippen LogP contribution in [0.4, 0.5) is 0 Å². The van der Waals surface area contributed by atoms with Crippen LogP contribution >= 0.6 is 0 Å². The first kappa shape index (κ1) is 7.41. The summed E-state index contributed by atoms with van der Waals surface area (Å²) in [5.74, 6) is 3.37. The first-order valence-electron chi connectivity index (χ1n) is 5.83. The molecule has 3 aliphatic carbocycles. The third-order valence-electron chi connectivity index (χ3n) is 5.43. The van der Waals surface area contributed by atoms with E-state index in [-0.39, 0.29) is 0 Å². The molecule has 0 heterocycles. The van der Waals surface area contributed by atoms with Crippen LogP contribution in [0.3, 0.4) is 0 Å². The van der Waals surface area contributed by atoms with Gasteiger partial charge in [0.1, 0.15) is 0 Å². The zero-order valence-corrected chi connectivity index (χ0v) is 8.18. The molecule has 0 unspecified atom stereocenters. The zero-order valence-electron chi connectivity index (χ0n) is 8.18. The van der Waals surface area contributed by atoms with Crippen LogP contribution < -0.4 is 0 Å². The van der Waals surface area contributed by atoms with Gasteiger partial charge in [0.25, 0.3) is 0 Å². The first-order valence-corrected chi connectivity index (χ1v) is 5.83. The number of hydrogen-bond donors (Lipinski definition) is 0. The molecule has 3 aliphatic rings. The van der Waals surface area contributed by atoms with E-state index < -0.39 is 0 Å². The third kappa shape index (κ3) is 0.701. The Morgan fingerprint density at radius 3 is 2.42 bits per heavy atom. The number of fused-ring (bicyclic) bond motifs is 3. The van der Waals surface area contributed by atoms with Gasteiger partial charge in [0.2, 0.25) is 0 Å². The highest BCUT2D eigenvalue weighted by atomic mass is 14.6. The van der Waals surface area contributed by atoms with E-state index in [9.17, 15) is 0 Å². The molecule has 0 nitrogen and oxygen atoms in total. The topological polar surface area (TPSA) is 0 Å². The van der Waals surface area contributed by atoms with Crippen molar-refractivity contribution in [1.82, 2.24) is 0 Å². The van der Waals surface area contributed by atoms with Crippen LogP contribution in [-0.4, -0.2) is 0 Å². The third-order valence-corrected chi connectivity index (χ3v) is 5.43. The van der Waals surface area contributed by atoms with Crippen LogP contribution in [0.1, 0.15) is 51.9 Å². The van der Waals surface area contributed by atoms with Gasteiger partial charge in [0.05, 0.1) is 0 Å². The lowest BCUT2D eigenvalue weighted by Crippen LogP contribution is -2.31. The molecule has 0 aliphatic heterocycles. The molecule has 0 aromatic carbocycles. The Balaban J connectivity index is 1.94. The van der Waals surface area contributed by atoms with E-state index in [1.54, 1.807) is 32.1 Å². The highest BCUT2D eigenvalue weighted by Crippen LogP contribution is 2.65. The predicted molar refractivity (Wildman–Crippen MR) is 50.9 cm³/mol. The largest absolute Gasteiger partial charge is 0.0617 e. The minimum atomic E-state index is 0.864. The normalized spacial score (nSPS) is 49.2. The molecule has 3 atom stereocenters. The second-order valence-electron chi connectivity index (χ2n) is 5.50. The molecular weight excluding hydrogens is 144 g/mol. The van der Waals surface area contributed by atoms with Gasteiger partial charge in [-0.3, -0.25) is 0 Å². The summed E-state index contributed by atoms with van der Waals surface area (Å²) in [6, 6.07) is 0. The smallest absolute Gasteiger partial charge is 0.0241 e. The monoisotopic (exact) mass is 164 g/mol. The first-order chi connectivity index (χ1) is 5.83. The molecule has 1 spiro atoms. The average Bonchev–Trinajstić information content (AvgIpc) is 2.75. The highest BCUT2D eigenvalue weighted by Gasteiger charge is 2.56. The van der Waals surface area contributed by atoms with E-state index >= 15 is 0 Å². The highest BCUT2D eigenvalue weighted by molar-refractivity contribution is 5.05. The molecule has 3 fully saturated rings. The van der Waals surface area contributed by atoms with Gasteiger partial charge in [-0.1, -0.05) is 19.8 Å². The average molecular weight is 164 g/mol. The molecule has 0 amide bonds. The SMILES string of the molecule is C[C@H]1[C@H]2CC[C@H](C2)C12CCCC2. The lowest BCUT2D eigenvalue weighted by atomic mass is 9.66.